The lowest BCUT2D eigenvalue weighted by Gasteiger charge is -2.02. The van der Waals surface area contributed by atoms with Gasteiger partial charge in [-0.2, -0.15) is 5.26 Å². The molecule has 0 saturated heterocycles. The normalized spacial score (nSPS) is 9.69. The van der Waals surface area contributed by atoms with Crippen molar-refractivity contribution in [3.63, 3.8) is 0 Å². The van der Waals surface area contributed by atoms with Crippen LogP contribution in [-0.2, 0) is 0 Å². The fourth-order valence-corrected chi connectivity index (χ4v) is 1.94. The van der Waals surface area contributed by atoms with Gasteiger partial charge in [-0.15, -0.1) is 0 Å². The molecule has 2 rings (SSSR count). The van der Waals surface area contributed by atoms with Crippen molar-refractivity contribution in [1.29, 1.82) is 5.26 Å². The van der Waals surface area contributed by atoms with E-state index in [4.69, 9.17) is 11.0 Å². The Bertz CT molecular complexity index is 533. The van der Waals surface area contributed by atoms with Gasteiger partial charge in [-0.25, -0.2) is 9.97 Å². The second-order valence-corrected chi connectivity index (χ2v) is 4.10. The molecule has 16 heavy (non-hydrogen) atoms. The van der Waals surface area contributed by atoms with Crippen LogP contribution >= 0.6 is 11.8 Å². The van der Waals surface area contributed by atoms with Crippen LogP contribution in [0.1, 0.15) is 5.56 Å². The molecule has 2 aromatic rings. The zero-order valence-corrected chi connectivity index (χ0v) is 9.11. The van der Waals surface area contributed by atoms with Gasteiger partial charge in [-0.3, -0.25) is 0 Å². The molecule has 0 atom stereocenters. The molecular formula is C11H8N4S. The second kappa shape index (κ2) is 4.64. The highest BCUT2D eigenvalue weighted by molar-refractivity contribution is 7.99. The summed E-state index contributed by atoms with van der Waals surface area (Å²) in [5.74, 6) is 0. The van der Waals surface area contributed by atoms with E-state index in [9.17, 15) is 0 Å². The molecule has 0 spiro atoms. The molecule has 1 aromatic carbocycles. The van der Waals surface area contributed by atoms with E-state index < -0.39 is 0 Å². The van der Waals surface area contributed by atoms with Crippen molar-refractivity contribution >= 4 is 17.4 Å². The lowest BCUT2D eigenvalue weighted by atomic mass is 10.2. The number of rotatable bonds is 2. The van der Waals surface area contributed by atoms with Crippen molar-refractivity contribution in [2.24, 2.45) is 0 Å². The summed E-state index contributed by atoms with van der Waals surface area (Å²) in [4.78, 5) is 8.86. The zero-order chi connectivity index (χ0) is 11.4. The zero-order valence-electron chi connectivity index (χ0n) is 8.29. The van der Waals surface area contributed by atoms with Gasteiger partial charge in [0.2, 0.25) is 0 Å². The Morgan fingerprint density at radius 3 is 2.88 bits per heavy atom. The van der Waals surface area contributed by atoms with Gasteiger partial charge < -0.3 is 5.73 Å². The minimum atomic E-state index is 0.485. The first-order valence-corrected chi connectivity index (χ1v) is 5.35. The smallest absolute Gasteiger partial charge is 0.116 e. The highest BCUT2D eigenvalue weighted by Crippen LogP contribution is 2.27. The second-order valence-electron chi connectivity index (χ2n) is 3.01. The largest absolute Gasteiger partial charge is 0.398 e. The molecular weight excluding hydrogens is 220 g/mol. The standard InChI is InChI=1S/C11H8N4S/c12-6-8-5-9(1-2-10(8)13)16-11-3-4-14-7-15-11/h1-5,7H,13H2. The lowest BCUT2D eigenvalue weighted by molar-refractivity contribution is 1.05. The SMILES string of the molecule is N#Cc1cc(Sc2ccncn2)ccc1N. The number of hydrogen-bond donors (Lipinski definition) is 1. The van der Waals surface area contributed by atoms with Crippen LogP contribution in [0.5, 0.6) is 0 Å². The third-order valence-electron chi connectivity index (χ3n) is 1.92. The van der Waals surface area contributed by atoms with Crippen molar-refractivity contribution in [2.75, 3.05) is 5.73 Å². The van der Waals surface area contributed by atoms with E-state index in [1.54, 1.807) is 18.3 Å². The average molecular weight is 228 g/mol. The minimum Gasteiger partial charge on any atom is -0.398 e. The number of aromatic nitrogens is 2. The van der Waals surface area contributed by atoms with E-state index in [2.05, 4.69) is 16.0 Å². The van der Waals surface area contributed by atoms with Gasteiger partial charge in [-0.1, -0.05) is 11.8 Å². The molecule has 1 heterocycles. The fraction of sp³-hybridized carbons (Fsp3) is 0. The summed E-state index contributed by atoms with van der Waals surface area (Å²) in [6.45, 7) is 0. The molecule has 4 nitrogen and oxygen atoms in total. The number of benzene rings is 1. The molecule has 0 amide bonds. The first kappa shape index (κ1) is 10.5. The summed E-state index contributed by atoms with van der Waals surface area (Å²) in [6, 6.07) is 9.20. The molecule has 0 saturated carbocycles. The molecule has 5 heteroatoms. The van der Waals surface area contributed by atoms with Crippen molar-refractivity contribution in [3.05, 3.63) is 42.4 Å². The van der Waals surface area contributed by atoms with Gasteiger partial charge >= 0.3 is 0 Å². The van der Waals surface area contributed by atoms with Crippen molar-refractivity contribution in [3.8, 4) is 6.07 Å². The molecule has 78 valence electrons. The first-order chi connectivity index (χ1) is 7.79. The van der Waals surface area contributed by atoms with Crippen LogP contribution in [0.15, 0.2) is 46.7 Å². The monoisotopic (exact) mass is 228 g/mol. The van der Waals surface area contributed by atoms with E-state index in [0.29, 0.717) is 11.3 Å². The van der Waals surface area contributed by atoms with Crippen molar-refractivity contribution < 1.29 is 0 Å². The third kappa shape index (κ3) is 2.30. The number of nitrogens with zero attached hydrogens (tertiary/aromatic N) is 3. The van der Waals surface area contributed by atoms with Crippen molar-refractivity contribution in [1.82, 2.24) is 9.97 Å². The Hall–Kier alpha value is -2.06. The summed E-state index contributed by atoms with van der Waals surface area (Å²) in [7, 11) is 0. The van der Waals surface area contributed by atoms with Crippen LogP contribution < -0.4 is 5.73 Å². The minimum absolute atomic E-state index is 0.485. The number of anilines is 1. The maximum absolute atomic E-state index is 8.84. The van der Waals surface area contributed by atoms with E-state index in [1.165, 1.54) is 18.1 Å². The highest BCUT2D eigenvalue weighted by atomic mass is 32.2. The quantitative estimate of drug-likeness (QED) is 0.629. The molecule has 0 fully saturated rings. The molecule has 0 radical (unpaired) electrons. The number of hydrogen-bond acceptors (Lipinski definition) is 5. The molecule has 0 aliphatic rings. The maximum Gasteiger partial charge on any atom is 0.116 e. The first-order valence-electron chi connectivity index (χ1n) is 4.53. The number of nitriles is 1. The Labute approximate surface area is 97.1 Å². The number of nitrogen functional groups attached to an aromatic ring is 1. The van der Waals surface area contributed by atoms with Crippen LogP contribution in [0.2, 0.25) is 0 Å². The number of nitrogens with two attached hydrogens (primary N) is 1. The van der Waals surface area contributed by atoms with Crippen LogP contribution in [0, 0.1) is 11.3 Å². The summed E-state index contributed by atoms with van der Waals surface area (Å²) >= 11 is 1.47. The molecule has 1 aromatic heterocycles. The fourth-order valence-electron chi connectivity index (χ4n) is 1.16. The van der Waals surface area contributed by atoms with E-state index >= 15 is 0 Å². The van der Waals surface area contributed by atoms with E-state index in [1.807, 2.05) is 12.1 Å². The molecule has 0 aliphatic heterocycles. The molecule has 0 aliphatic carbocycles. The molecule has 0 bridgehead atoms. The predicted molar refractivity (Wildman–Crippen MR) is 61.7 cm³/mol. The summed E-state index contributed by atoms with van der Waals surface area (Å²) in [6.07, 6.45) is 3.17. The van der Waals surface area contributed by atoms with Gasteiger partial charge in [0.1, 0.15) is 17.4 Å². The molecule has 0 unspecified atom stereocenters. The third-order valence-corrected chi connectivity index (χ3v) is 2.86. The van der Waals surface area contributed by atoms with E-state index in [0.717, 1.165) is 9.92 Å². The van der Waals surface area contributed by atoms with Crippen LogP contribution in [-0.4, -0.2) is 9.97 Å². The Morgan fingerprint density at radius 1 is 1.31 bits per heavy atom. The average Bonchev–Trinajstić information content (AvgIpc) is 2.33. The van der Waals surface area contributed by atoms with Gasteiger partial charge in [-0.05, 0) is 24.3 Å². The highest BCUT2D eigenvalue weighted by Gasteiger charge is 2.02. The summed E-state index contributed by atoms with van der Waals surface area (Å²) < 4.78 is 0. The topological polar surface area (TPSA) is 75.6 Å². The van der Waals surface area contributed by atoms with Gasteiger partial charge in [0.25, 0.3) is 0 Å². The lowest BCUT2D eigenvalue weighted by Crippen LogP contribution is -1.90. The van der Waals surface area contributed by atoms with Crippen molar-refractivity contribution in [2.45, 2.75) is 9.92 Å². The predicted octanol–water partition coefficient (Wildman–Crippen LogP) is 2.08. The Balaban J connectivity index is 2.27. The van der Waals surface area contributed by atoms with Crippen LogP contribution in [0.4, 0.5) is 5.69 Å². The van der Waals surface area contributed by atoms with Gasteiger partial charge in [0.15, 0.2) is 0 Å². The van der Waals surface area contributed by atoms with Crippen LogP contribution in [0.3, 0.4) is 0 Å². The van der Waals surface area contributed by atoms with Crippen LogP contribution in [0.25, 0.3) is 0 Å². The van der Waals surface area contributed by atoms with E-state index in [-0.39, 0.29) is 0 Å². The maximum atomic E-state index is 8.84. The van der Waals surface area contributed by atoms with Gasteiger partial charge in [0, 0.05) is 16.8 Å². The summed E-state index contributed by atoms with van der Waals surface area (Å²) in [5.41, 5.74) is 6.62. The summed E-state index contributed by atoms with van der Waals surface area (Å²) in [5, 5.41) is 9.68. The van der Waals surface area contributed by atoms with Gasteiger partial charge in [0.05, 0.1) is 5.56 Å². The Kier molecular flexibility index (Phi) is 3.03. The molecule has 2 N–H and O–H groups in total. The Morgan fingerprint density at radius 2 is 2.19 bits per heavy atom.